The van der Waals surface area contributed by atoms with E-state index < -0.39 is 0 Å². The minimum atomic E-state index is -0.0706. The van der Waals surface area contributed by atoms with Crippen LogP contribution in [0.25, 0.3) is 0 Å². The van der Waals surface area contributed by atoms with Crippen LogP contribution in [-0.2, 0) is 19.1 Å². The van der Waals surface area contributed by atoms with Gasteiger partial charge < -0.3 is 9.47 Å². The number of hydrogen-bond acceptors (Lipinski definition) is 4. The Bertz CT molecular complexity index is 503. The summed E-state index contributed by atoms with van der Waals surface area (Å²) in [6.07, 6.45) is 14.4. The van der Waals surface area contributed by atoms with Crippen molar-refractivity contribution in [3.8, 4) is 0 Å². The molecule has 3 aliphatic rings. The van der Waals surface area contributed by atoms with Crippen LogP contribution < -0.4 is 0 Å². The van der Waals surface area contributed by atoms with Gasteiger partial charge in [-0.1, -0.05) is 25.7 Å². The van der Waals surface area contributed by atoms with Gasteiger partial charge in [0.2, 0.25) is 0 Å². The van der Waals surface area contributed by atoms with Gasteiger partial charge in [-0.15, -0.1) is 0 Å². The van der Waals surface area contributed by atoms with Crippen LogP contribution in [0.5, 0.6) is 0 Å². The molecule has 2 saturated heterocycles. The Labute approximate surface area is 131 Å². The molecule has 0 radical (unpaired) electrons. The van der Waals surface area contributed by atoms with Crippen LogP contribution in [0.2, 0.25) is 0 Å². The predicted octanol–water partition coefficient (Wildman–Crippen LogP) is 4.01. The van der Waals surface area contributed by atoms with Gasteiger partial charge in [-0.3, -0.25) is 9.59 Å². The van der Waals surface area contributed by atoms with Crippen molar-refractivity contribution in [2.45, 2.75) is 64.2 Å². The van der Waals surface area contributed by atoms with E-state index in [1.165, 1.54) is 0 Å². The molecule has 0 saturated carbocycles. The third-order valence-electron chi connectivity index (χ3n) is 4.78. The number of esters is 2. The highest BCUT2D eigenvalue weighted by Gasteiger charge is 2.37. The monoisotopic (exact) mass is 304 g/mol. The van der Waals surface area contributed by atoms with Crippen LogP contribution >= 0.6 is 0 Å². The Morgan fingerprint density at radius 3 is 1.68 bits per heavy atom. The number of hydrogen-bond donors (Lipinski definition) is 0. The molecule has 22 heavy (non-hydrogen) atoms. The SMILES string of the molecule is O=C1O/C2=C\CCCCCCC3C(=O)O/C3=C\CCCCC12. The van der Waals surface area contributed by atoms with Crippen LogP contribution in [0.4, 0.5) is 0 Å². The van der Waals surface area contributed by atoms with E-state index in [1.807, 2.05) is 0 Å². The molecule has 2 unspecified atom stereocenters. The maximum Gasteiger partial charge on any atom is 0.321 e. The highest BCUT2D eigenvalue weighted by molar-refractivity contribution is 5.83. The molecule has 4 heteroatoms. The Balaban J connectivity index is 1.55. The third kappa shape index (κ3) is 3.42. The van der Waals surface area contributed by atoms with Crippen LogP contribution in [0.3, 0.4) is 0 Å². The molecule has 0 aromatic rings. The quantitative estimate of drug-likeness (QED) is 0.634. The van der Waals surface area contributed by atoms with E-state index in [9.17, 15) is 9.59 Å². The first-order chi connectivity index (χ1) is 10.8. The molecule has 120 valence electrons. The zero-order valence-electron chi connectivity index (χ0n) is 13.0. The summed E-state index contributed by atoms with van der Waals surface area (Å²) in [4.78, 5) is 23.0. The molecule has 0 bridgehead atoms. The van der Waals surface area contributed by atoms with E-state index in [0.717, 1.165) is 75.7 Å². The molecule has 2 atom stereocenters. The molecule has 0 N–H and O–H groups in total. The third-order valence-corrected chi connectivity index (χ3v) is 4.78. The molecule has 4 nitrogen and oxygen atoms in total. The van der Waals surface area contributed by atoms with Gasteiger partial charge in [0, 0.05) is 0 Å². The van der Waals surface area contributed by atoms with Gasteiger partial charge in [-0.2, -0.15) is 0 Å². The van der Waals surface area contributed by atoms with Crippen LogP contribution in [0.1, 0.15) is 64.2 Å². The van der Waals surface area contributed by atoms with Gasteiger partial charge in [0.15, 0.2) is 0 Å². The maximum absolute atomic E-state index is 11.5. The average Bonchev–Trinajstić information content (AvgIpc) is 2.49. The fourth-order valence-electron chi connectivity index (χ4n) is 3.35. The first-order valence-electron chi connectivity index (χ1n) is 8.59. The van der Waals surface area contributed by atoms with Crippen LogP contribution in [-0.4, -0.2) is 11.9 Å². The van der Waals surface area contributed by atoms with Gasteiger partial charge in [-0.25, -0.2) is 0 Å². The van der Waals surface area contributed by atoms with Crippen molar-refractivity contribution in [2.75, 3.05) is 0 Å². The lowest BCUT2D eigenvalue weighted by molar-refractivity contribution is -0.158. The maximum atomic E-state index is 11.5. The molecule has 0 aromatic heterocycles. The second-order valence-corrected chi connectivity index (χ2v) is 6.44. The van der Waals surface area contributed by atoms with Gasteiger partial charge in [0.05, 0.1) is 0 Å². The minimum Gasteiger partial charge on any atom is -0.430 e. The van der Waals surface area contributed by atoms with E-state index in [-0.39, 0.29) is 23.8 Å². The smallest absolute Gasteiger partial charge is 0.321 e. The summed E-state index contributed by atoms with van der Waals surface area (Å²) >= 11 is 0. The van der Waals surface area contributed by atoms with Crippen molar-refractivity contribution in [1.29, 1.82) is 0 Å². The van der Waals surface area contributed by atoms with E-state index >= 15 is 0 Å². The minimum absolute atomic E-state index is 0.00478. The molecule has 0 amide bonds. The summed E-state index contributed by atoms with van der Waals surface area (Å²) in [5.41, 5.74) is 0. The summed E-state index contributed by atoms with van der Waals surface area (Å²) in [7, 11) is 0. The fraction of sp³-hybridized carbons (Fsp3) is 0.667. The molecule has 2 aliphatic heterocycles. The summed E-state index contributed by atoms with van der Waals surface area (Å²) in [6.45, 7) is 0. The van der Waals surface area contributed by atoms with Crippen molar-refractivity contribution in [2.24, 2.45) is 11.8 Å². The van der Waals surface area contributed by atoms with E-state index in [2.05, 4.69) is 12.2 Å². The summed E-state index contributed by atoms with van der Waals surface area (Å²) in [5, 5.41) is 0. The van der Waals surface area contributed by atoms with Crippen molar-refractivity contribution in [3.05, 3.63) is 23.7 Å². The first-order valence-corrected chi connectivity index (χ1v) is 8.59. The number of ether oxygens (including phenoxy) is 2. The molecule has 0 spiro atoms. The van der Waals surface area contributed by atoms with E-state index in [1.54, 1.807) is 0 Å². The van der Waals surface area contributed by atoms with Crippen molar-refractivity contribution >= 4 is 11.9 Å². The number of carbonyl (C=O) groups excluding carboxylic acids is 2. The lowest BCUT2D eigenvalue weighted by atomic mass is 9.91. The summed E-state index contributed by atoms with van der Waals surface area (Å²) in [6, 6.07) is 0. The van der Waals surface area contributed by atoms with Crippen molar-refractivity contribution < 1.29 is 19.1 Å². The standard InChI is InChI=1S/C18H24O4/c19-17-13-9-5-2-1-3-7-11-15-14(18(20)21-15)10-6-4-8-12-16(13)22-17/h11-14H,1-10H2/b15-11-,16-12-. The molecule has 3 rings (SSSR count). The predicted molar refractivity (Wildman–Crippen MR) is 81.5 cm³/mol. The van der Waals surface area contributed by atoms with E-state index in [0.29, 0.717) is 0 Å². The van der Waals surface area contributed by atoms with Gasteiger partial charge in [-0.05, 0) is 50.7 Å². The molecule has 1 aliphatic carbocycles. The van der Waals surface area contributed by atoms with Gasteiger partial charge >= 0.3 is 11.9 Å². The zero-order valence-corrected chi connectivity index (χ0v) is 13.0. The lowest BCUT2D eigenvalue weighted by Gasteiger charge is -2.29. The van der Waals surface area contributed by atoms with Crippen molar-refractivity contribution in [3.63, 3.8) is 0 Å². The largest absolute Gasteiger partial charge is 0.430 e. The molecule has 2 fully saturated rings. The topological polar surface area (TPSA) is 52.6 Å². The highest BCUT2D eigenvalue weighted by atomic mass is 16.6. The Kier molecular flexibility index (Phi) is 4.96. The molecular formula is C18H24O4. The molecule has 2 heterocycles. The Morgan fingerprint density at radius 1 is 0.682 bits per heavy atom. The first kappa shape index (κ1) is 15.3. The molecule has 0 aromatic carbocycles. The number of rotatable bonds is 0. The second-order valence-electron chi connectivity index (χ2n) is 6.44. The Hall–Kier alpha value is -1.58. The van der Waals surface area contributed by atoms with Crippen LogP contribution in [0, 0.1) is 11.8 Å². The summed E-state index contributed by atoms with van der Waals surface area (Å²) < 4.78 is 10.3. The number of carbonyl (C=O) groups is 2. The number of allylic oxidation sites excluding steroid dienone is 2. The zero-order chi connectivity index (χ0) is 15.4. The van der Waals surface area contributed by atoms with Crippen molar-refractivity contribution in [1.82, 2.24) is 0 Å². The van der Waals surface area contributed by atoms with Crippen LogP contribution in [0.15, 0.2) is 23.7 Å². The fourth-order valence-corrected chi connectivity index (χ4v) is 3.35. The van der Waals surface area contributed by atoms with Gasteiger partial charge in [0.1, 0.15) is 23.4 Å². The Morgan fingerprint density at radius 2 is 1.14 bits per heavy atom. The number of fused-ring (bicyclic) bond motifs is 2. The summed E-state index contributed by atoms with van der Waals surface area (Å²) in [5.74, 6) is 1.65. The highest BCUT2D eigenvalue weighted by Crippen LogP contribution is 2.34. The molecular weight excluding hydrogens is 280 g/mol. The van der Waals surface area contributed by atoms with E-state index in [4.69, 9.17) is 9.47 Å². The normalized spacial score (nSPS) is 35.1. The lowest BCUT2D eigenvalue weighted by Crippen LogP contribution is -2.32. The van der Waals surface area contributed by atoms with Gasteiger partial charge in [0.25, 0.3) is 0 Å². The average molecular weight is 304 g/mol. The second kappa shape index (κ2) is 7.12.